The van der Waals surface area contributed by atoms with Crippen LogP contribution in [0.1, 0.15) is 44.2 Å². The Bertz CT molecular complexity index is 570. The lowest BCUT2D eigenvalue weighted by Gasteiger charge is -2.22. The normalized spacial score (nSPS) is 20.6. The van der Waals surface area contributed by atoms with Gasteiger partial charge in [-0.05, 0) is 70.7 Å². The number of carbonyl (C=O) groups is 1. The average Bonchev–Trinajstić information content (AvgIpc) is 3.40. The van der Waals surface area contributed by atoms with Gasteiger partial charge in [0.2, 0.25) is 5.91 Å². The molecule has 0 aliphatic carbocycles. The molecule has 6 heteroatoms. The van der Waals surface area contributed by atoms with E-state index in [-0.39, 0.29) is 11.8 Å². The number of aromatic nitrogens is 1. The summed E-state index contributed by atoms with van der Waals surface area (Å²) in [6.07, 6.45) is 6.88. The number of aryl methyl sites for hydroxylation is 1. The van der Waals surface area contributed by atoms with Gasteiger partial charge in [0, 0.05) is 32.2 Å². The Hall–Kier alpha value is -1.66. The number of rotatable bonds is 3. The van der Waals surface area contributed by atoms with E-state index in [0.717, 1.165) is 43.1 Å². The fourth-order valence-electron chi connectivity index (χ4n) is 3.62. The van der Waals surface area contributed by atoms with Gasteiger partial charge in [0.25, 0.3) is 0 Å². The molecular weight excluding hydrogens is 328 g/mol. The average molecular weight is 361 g/mol. The smallest absolute Gasteiger partial charge is 0.227 e. The fraction of sp³-hybridized carbons (Fsp3) is 0.700. The summed E-state index contributed by atoms with van der Waals surface area (Å²) >= 11 is 0. The van der Waals surface area contributed by atoms with E-state index in [4.69, 9.17) is 4.74 Å². The van der Waals surface area contributed by atoms with Gasteiger partial charge in [0.05, 0.1) is 11.4 Å². The molecule has 0 aromatic carbocycles. The van der Waals surface area contributed by atoms with Crippen molar-refractivity contribution in [3.63, 3.8) is 0 Å². The van der Waals surface area contributed by atoms with E-state index >= 15 is 0 Å². The molecule has 26 heavy (non-hydrogen) atoms. The molecule has 0 saturated carbocycles. The topological polar surface area (TPSA) is 66.5 Å². The van der Waals surface area contributed by atoms with Crippen LogP contribution in [0.25, 0.3) is 0 Å². The first-order valence-corrected chi connectivity index (χ1v) is 10.1. The van der Waals surface area contributed by atoms with E-state index in [0.29, 0.717) is 13.2 Å². The molecule has 0 bridgehead atoms. The molecule has 4 rings (SSSR count). The molecule has 4 heterocycles. The Labute approximate surface area is 156 Å². The molecular formula is C20H32N4O2. The molecule has 2 N–H and O–H groups in total. The minimum Gasteiger partial charge on any atom is -0.381 e. The molecule has 3 saturated heterocycles. The second kappa shape index (κ2) is 9.88. The van der Waals surface area contributed by atoms with Gasteiger partial charge >= 0.3 is 0 Å². The van der Waals surface area contributed by atoms with Crippen LogP contribution in [-0.4, -0.2) is 50.3 Å². The van der Waals surface area contributed by atoms with Crippen LogP contribution in [0.4, 0.5) is 11.5 Å². The Balaban J connectivity index is 0.000000339. The van der Waals surface area contributed by atoms with Crippen molar-refractivity contribution < 1.29 is 9.53 Å². The van der Waals surface area contributed by atoms with Gasteiger partial charge in [0.15, 0.2) is 0 Å². The molecule has 144 valence electrons. The van der Waals surface area contributed by atoms with Crippen molar-refractivity contribution >= 4 is 17.4 Å². The van der Waals surface area contributed by atoms with Crippen molar-refractivity contribution in [2.45, 2.75) is 45.4 Å². The first kappa shape index (κ1) is 19.1. The second-order valence-electron chi connectivity index (χ2n) is 7.33. The minimum absolute atomic E-state index is 0.0661. The van der Waals surface area contributed by atoms with Crippen molar-refractivity contribution in [1.82, 2.24) is 10.3 Å². The SMILES string of the molecule is C1CCNC1.Cc1nc(N2CCCC2)ccc1NC(=O)C1CCOCC1. The van der Waals surface area contributed by atoms with E-state index in [1.807, 2.05) is 19.1 Å². The number of carbonyl (C=O) groups excluding carboxylic acids is 1. The van der Waals surface area contributed by atoms with Crippen molar-refractivity contribution in [2.24, 2.45) is 5.92 Å². The summed E-state index contributed by atoms with van der Waals surface area (Å²) in [6.45, 7) is 7.99. The van der Waals surface area contributed by atoms with Crippen LogP contribution in [0, 0.1) is 12.8 Å². The summed E-state index contributed by atoms with van der Waals surface area (Å²) in [7, 11) is 0. The minimum atomic E-state index is 0.0661. The highest BCUT2D eigenvalue weighted by atomic mass is 16.5. The molecule has 1 aromatic rings. The van der Waals surface area contributed by atoms with Gasteiger partial charge < -0.3 is 20.3 Å². The maximum absolute atomic E-state index is 12.3. The summed E-state index contributed by atoms with van der Waals surface area (Å²) in [5.41, 5.74) is 1.72. The molecule has 0 radical (unpaired) electrons. The summed E-state index contributed by atoms with van der Waals surface area (Å²) in [5.74, 6) is 1.18. The van der Waals surface area contributed by atoms with Gasteiger partial charge in [-0.2, -0.15) is 0 Å². The molecule has 3 aliphatic heterocycles. The van der Waals surface area contributed by atoms with Crippen molar-refractivity contribution in [3.05, 3.63) is 17.8 Å². The first-order valence-electron chi connectivity index (χ1n) is 10.1. The third kappa shape index (κ3) is 5.42. The monoisotopic (exact) mass is 360 g/mol. The number of ether oxygens (including phenoxy) is 1. The van der Waals surface area contributed by atoms with E-state index in [2.05, 4.69) is 20.5 Å². The van der Waals surface area contributed by atoms with Gasteiger partial charge in [-0.3, -0.25) is 4.79 Å². The maximum atomic E-state index is 12.3. The molecule has 1 amide bonds. The molecule has 0 atom stereocenters. The van der Waals surface area contributed by atoms with Crippen LogP contribution >= 0.6 is 0 Å². The lowest BCUT2D eigenvalue weighted by molar-refractivity contribution is -0.122. The number of pyridine rings is 1. The van der Waals surface area contributed by atoms with Crippen LogP contribution in [-0.2, 0) is 9.53 Å². The summed E-state index contributed by atoms with van der Waals surface area (Å²) < 4.78 is 5.30. The number of nitrogens with zero attached hydrogens (tertiary/aromatic N) is 2. The number of anilines is 2. The van der Waals surface area contributed by atoms with Crippen LogP contribution in [0.5, 0.6) is 0 Å². The van der Waals surface area contributed by atoms with Crippen molar-refractivity contribution in [2.75, 3.05) is 49.6 Å². The highest BCUT2D eigenvalue weighted by molar-refractivity contribution is 5.93. The molecule has 3 aliphatic rings. The predicted octanol–water partition coefficient (Wildman–Crippen LogP) is 2.73. The van der Waals surface area contributed by atoms with Gasteiger partial charge in [0.1, 0.15) is 5.82 Å². The van der Waals surface area contributed by atoms with Crippen LogP contribution in [0.3, 0.4) is 0 Å². The lowest BCUT2D eigenvalue weighted by atomic mass is 9.99. The quantitative estimate of drug-likeness (QED) is 0.868. The number of hydrogen-bond donors (Lipinski definition) is 2. The molecule has 3 fully saturated rings. The summed E-state index contributed by atoms with van der Waals surface area (Å²) in [5, 5.41) is 6.24. The standard InChI is InChI=1S/C16H23N3O2.C4H9N/c1-12-14(18-16(20)13-6-10-21-11-7-13)4-5-15(17-12)19-8-2-3-9-19;1-2-4-5-3-1/h4-5,13H,2-3,6-11H2,1H3,(H,18,20);5H,1-4H2. The van der Waals surface area contributed by atoms with E-state index in [9.17, 15) is 4.79 Å². The Morgan fingerprint density at radius 2 is 1.85 bits per heavy atom. The van der Waals surface area contributed by atoms with Crippen LogP contribution in [0.2, 0.25) is 0 Å². The molecule has 6 nitrogen and oxygen atoms in total. The maximum Gasteiger partial charge on any atom is 0.227 e. The van der Waals surface area contributed by atoms with Crippen LogP contribution in [0.15, 0.2) is 12.1 Å². The van der Waals surface area contributed by atoms with Gasteiger partial charge in [-0.15, -0.1) is 0 Å². The zero-order valence-electron chi connectivity index (χ0n) is 15.9. The summed E-state index contributed by atoms with van der Waals surface area (Å²) in [6, 6.07) is 3.99. The lowest BCUT2D eigenvalue weighted by Crippen LogP contribution is -2.29. The molecule has 0 spiro atoms. The zero-order chi connectivity index (χ0) is 18.2. The fourth-order valence-corrected chi connectivity index (χ4v) is 3.62. The van der Waals surface area contributed by atoms with Crippen molar-refractivity contribution in [3.8, 4) is 0 Å². The van der Waals surface area contributed by atoms with E-state index in [1.165, 1.54) is 38.8 Å². The number of amides is 1. The number of nitrogens with one attached hydrogen (secondary N) is 2. The van der Waals surface area contributed by atoms with E-state index < -0.39 is 0 Å². The molecule has 0 unspecified atom stereocenters. The highest BCUT2D eigenvalue weighted by Gasteiger charge is 2.22. The van der Waals surface area contributed by atoms with Crippen molar-refractivity contribution in [1.29, 1.82) is 0 Å². The van der Waals surface area contributed by atoms with Crippen LogP contribution < -0.4 is 15.5 Å². The first-order chi connectivity index (χ1) is 12.7. The Morgan fingerprint density at radius 3 is 2.42 bits per heavy atom. The van der Waals surface area contributed by atoms with Gasteiger partial charge in [-0.25, -0.2) is 4.98 Å². The largest absolute Gasteiger partial charge is 0.381 e. The van der Waals surface area contributed by atoms with Gasteiger partial charge in [-0.1, -0.05) is 0 Å². The number of hydrogen-bond acceptors (Lipinski definition) is 5. The zero-order valence-corrected chi connectivity index (χ0v) is 15.9. The third-order valence-corrected chi connectivity index (χ3v) is 5.31. The highest BCUT2D eigenvalue weighted by Crippen LogP contribution is 2.23. The third-order valence-electron chi connectivity index (χ3n) is 5.31. The Kier molecular flexibility index (Phi) is 7.26. The van der Waals surface area contributed by atoms with E-state index in [1.54, 1.807) is 0 Å². The summed E-state index contributed by atoms with van der Waals surface area (Å²) in [4.78, 5) is 19.2. The predicted molar refractivity (Wildman–Crippen MR) is 105 cm³/mol. The molecule has 1 aromatic heterocycles. The second-order valence-corrected chi connectivity index (χ2v) is 7.33. The Morgan fingerprint density at radius 1 is 1.15 bits per heavy atom.